The largest absolute Gasteiger partial charge is 0.375 e. The minimum Gasteiger partial charge on any atom is -0.375 e. The first-order chi connectivity index (χ1) is 13.5. The molecule has 8 atom stereocenters. The lowest BCUT2D eigenvalue weighted by Crippen LogP contribution is -2.52. The molecule has 0 amide bonds. The van der Waals surface area contributed by atoms with Crippen LogP contribution in [-0.4, -0.2) is 75.5 Å². The molecule has 0 unspecified atom stereocenters. The van der Waals surface area contributed by atoms with Crippen molar-refractivity contribution in [3.63, 3.8) is 0 Å². The summed E-state index contributed by atoms with van der Waals surface area (Å²) in [5.74, 6) is 0. The first-order valence-electron chi connectivity index (χ1n) is 10.5. The average Bonchev–Trinajstić information content (AvgIpc) is 2.66. The van der Waals surface area contributed by atoms with Crippen LogP contribution in [-0.2, 0) is 28.4 Å². The molecule has 0 saturated carbocycles. The van der Waals surface area contributed by atoms with Gasteiger partial charge in [-0.15, -0.1) is 0 Å². The molecule has 0 radical (unpaired) electrons. The highest BCUT2D eigenvalue weighted by atomic mass is 16.7. The third-order valence-electron chi connectivity index (χ3n) is 5.54. The summed E-state index contributed by atoms with van der Waals surface area (Å²) in [6.07, 6.45) is 6.13. The van der Waals surface area contributed by atoms with Gasteiger partial charge in [-0.2, -0.15) is 0 Å². The van der Waals surface area contributed by atoms with Gasteiger partial charge in [-0.25, -0.2) is 0 Å². The Kier molecular flexibility index (Phi) is 8.68. The van der Waals surface area contributed by atoms with Crippen molar-refractivity contribution in [3.8, 4) is 0 Å². The molecule has 8 heteroatoms. The van der Waals surface area contributed by atoms with Gasteiger partial charge in [0.2, 0.25) is 0 Å². The zero-order valence-corrected chi connectivity index (χ0v) is 17.0. The van der Waals surface area contributed by atoms with Gasteiger partial charge >= 0.3 is 0 Å². The zero-order chi connectivity index (χ0) is 19.9. The maximum atomic E-state index is 6.21. The molecule has 0 aromatic carbocycles. The molecule has 0 aromatic heterocycles. The summed E-state index contributed by atoms with van der Waals surface area (Å²) >= 11 is 0. The van der Waals surface area contributed by atoms with Crippen LogP contribution < -0.4 is 11.5 Å². The molecule has 6 heterocycles. The van der Waals surface area contributed by atoms with Gasteiger partial charge in [0, 0.05) is 13.2 Å². The Balaban J connectivity index is 1.56. The fourth-order valence-corrected chi connectivity index (χ4v) is 3.79. The van der Waals surface area contributed by atoms with Crippen molar-refractivity contribution in [2.75, 3.05) is 26.4 Å². The van der Waals surface area contributed by atoms with E-state index in [1.165, 1.54) is 0 Å². The van der Waals surface area contributed by atoms with Crippen molar-refractivity contribution >= 4 is 0 Å². The van der Waals surface area contributed by atoms with E-state index in [9.17, 15) is 0 Å². The molecular weight excluding hydrogens is 364 g/mol. The third-order valence-corrected chi connectivity index (χ3v) is 5.54. The first-order valence-corrected chi connectivity index (χ1v) is 10.5. The summed E-state index contributed by atoms with van der Waals surface area (Å²) in [5, 5.41) is 0. The fourth-order valence-electron chi connectivity index (χ4n) is 3.79. The predicted octanol–water partition coefficient (Wildman–Crippen LogP) is 1.06. The van der Waals surface area contributed by atoms with E-state index in [0.29, 0.717) is 26.4 Å². The van der Waals surface area contributed by atoms with Crippen LogP contribution in [0.15, 0.2) is 12.2 Å². The summed E-state index contributed by atoms with van der Waals surface area (Å²) < 4.78 is 35.4. The molecule has 162 valence electrons. The van der Waals surface area contributed by atoms with Crippen LogP contribution in [0.2, 0.25) is 0 Å². The second-order valence-electron chi connectivity index (χ2n) is 7.88. The standard InChI is InChI=1S/C20H36N2O6/c1-13-17-11-15(21)19(27-13)25-9-5-6-10-26-20-16(22)12-18(14(2)28-20)24-8-4-3-7-23-17/h5-6,13-20H,3-4,7-12,21-22H2,1-2H3/b6-5-/t13-,14-,15-,16-,17+,18+,19+,20+/m0/s1. The number of rotatable bonds is 0. The highest BCUT2D eigenvalue weighted by Crippen LogP contribution is 2.24. The molecule has 4 bridgehead atoms. The van der Waals surface area contributed by atoms with Gasteiger partial charge in [-0.3, -0.25) is 0 Å². The summed E-state index contributed by atoms with van der Waals surface area (Å²) in [6.45, 7) is 6.15. The molecule has 0 spiro atoms. The van der Waals surface area contributed by atoms with Gasteiger partial charge in [0.05, 0.1) is 49.7 Å². The quantitative estimate of drug-likeness (QED) is 0.582. The van der Waals surface area contributed by atoms with E-state index < -0.39 is 12.6 Å². The van der Waals surface area contributed by atoms with Crippen LogP contribution in [0, 0.1) is 0 Å². The van der Waals surface area contributed by atoms with Crippen molar-refractivity contribution in [3.05, 3.63) is 12.2 Å². The Hall–Kier alpha value is -0.580. The molecule has 6 aliphatic heterocycles. The molecule has 4 N–H and O–H groups in total. The molecule has 0 aromatic rings. The molecule has 6 aliphatic rings. The lowest BCUT2D eigenvalue weighted by molar-refractivity contribution is -0.232. The normalized spacial score (nSPS) is 45.6. The van der Waals surface area contributed by atoms with Crippen molar-refractivity contribution in [1.82, 2.24) is 0 Å². The summed E-state index contributed by atoms with van der Waals surface area (Å²) in [6, 6.07) is -0.410. The van der Waals surface area contributed by atoms with E-state index in [4.69, 9.17) is 39.9 Å². The fraction of sp³-hybridized carbons (Fsp3) is 0.900. The van der Waals surface area contributed by atoms with Crippen molar-refractivity contribution in [2.45, 2.75) is 88.6 Å². The van der Waals surface area contributed by atoms with E-state index >= 15 is 0 Å². The van der Waals surface area contributed by atoms with Crippen molar-refractivity contribution in [1.29, 1.82) is 0 Å². The zero-order valence-electron chi connectivity index (χ0n) is 17.0. The number of ether oxygens (including phenoxy) is 6. The number of nitrogens with two attached hydrogens (primary N) is 2. The minimum atomic E-state index is -0.424. The summed E-state index contributed by atoms with van der Waals surface area (Å²) in [5.41, 5.74) is 12.4. The third kappa shape index (κ3) is 6.21. The number of hydrogen-bond donors (Lipinski definition) is 2. The average molecular weight is 401 g/mol. The topological polar surface area (TPSA) is 107 Å². The Morgan fingerprint density at radius 1 is 0.679 bits per heavy atom. The van der Waals surface area contributed by atoms with E-state index in [-0.39, 0.29) is 36.5 Å². The molecule has 2 saturated heterocycles. The molecule has 8 nitrogen and oxygen atoms in total. The highest BCUT2D eigenvalue weighted by Gasteiger charge is 2.36. The van der Waals surface area contributed by atoms with Gasteiger partial charge in [0.15, 0.2) is 12.6 Å². The van der Waals surface area contributed by atoms with Crippen LogP contribution in [0.1, 0.15) is 39.5 Å². The highest BCUT2D eigenvalue weighted by molar-refractivity contribution is 4.87. The van der Waals surface area contributed by atoms with Gasteiger partial charge in [-0.1, -0.05) is 12.2 Å². The number of hydrogen-bond acceptors (Lipinski definition) is 8. The van der Waals surface area contributed by atoms with E-state index in [1.54, 1.807) is 0 Å². The first kappa shape index (κ1) is 22.1. The monoisotopic (exact) mass is 400 g/mol. The Bertz CT molecular complexity index is 451. The van der Waals surface area contributed by atoms with Gasteiger partial charge in [0.1, 0.15) is 0 Å². The van der Waals surface area contributed by atoms with Crippen LogP contribution in [0.4, 0.5) is 0 Å². The van der Waals surface area contributed by atoms with Gasteiger partial charge in [0.25, 0.3) is 0 Å². The van der Waals surface area contributed by atoms with Crippen LogP contribution in [0.25, 0.3) is 0 Å². The second-order valence-corrected chi connectivity index (χ2v) is 7.88. The summed E-state index contributed by atoms with van der Waals surface area (Å²) in [4.78, 5) is 0. The lowest BCUT2D eigenvalue weighted by Gasteiger charge is -2.38. The molecular formula is C20H36N2O6. The Labute approximate surface area is 167 Å². The van der Waals surface area contributed by atoms with E-state index in [1.807, 2.05) is 26.0 Å². The molecule has 6 rings (SSSR count). The maximum Gasteiger partial charge on any atom is 0.173 e. The smallest absolute Gasteiger partial charge is 0.173 e. The van der Waals surface area contributed by atoms with Crippen molar-refractivity contribution < 1.29 is 28.4 Å². The Morgan fingerprint density at radius 2 is 1.11 bits per heavy atom. The molecule has 28 heavy (non-hydrogen) atoms. The van der Waals surface area contributed by atoms with E-state index in [0.717, 1.165) is 25.7 Å². The predicted molar refractivity (Wildman–Crippen MR) is 104 cm³/mol. The maximum absolute atomic E-state index is 6.21. The summed E-state index contributed by atoms with van der Waals surface area (Å²) in [7, 11) is 0. The van der Waals surface area contributed by atoms with Gasteiger partial charge in [-0.05, 0) is 39.5 Å². The van der Waals surface area contributed by atoms with Crippen LogP contribution >= 0.6 is 0 Å². The SMILES string of the molecule is C[C@@H]1O[C@H]2OC/C=C\CO[C@@H]3O[C@@H](C)[C@@H](C[C@@H]3N)OCCCCO[C@@H]1C[C@@H]2N. The lowest BCUT2D eigenvalue weighted by atomic mass is 10.0. The second kappa shape index (κ2) is 11.0. The van der Waals surface area contributed by atoms with Crippen LogP contribution in [0.3, 0.4) is 0 Å². The molecule has 0 aliphatic carbocycles. The minimum absolute atomic E-state index is 0.00740. The van der Waals surface area contributed by atoms with Crippen LogP contribution in [0.5, 0.6) is 0 Å². The Morgan fingerprint density at radius 3 is 1.54 bits per heavy atom. The van der Waals surface area contributed by atoms with E-state index in [2.05, 4.69) is 0 Å². The van der Waals surface area contributed by atoms with Gasteiger partial charge < -0.3 is 39.9 Å². The molecule has 2 fully saturated rings. The van der Waals surface area contributed by atoms with Crippen molar-refractivity contribution in [2.24, 2.45) is 11.5 Å².